The minimum atomic E-state index is 0.861. The maximum absolute atomic E-state index is 6.75. The SMILES string of the molecule is Cc1cccc(N(c2cc3oc4c5ccccc5ccc4c3c3ccccc23)c2cccc3c2oc2ccccc23)c1. The lowest BCUT2D eigenvalue weighted by Gasteiger charge is -2.27. The summed E-state index contributed by atoms with van der Waals surface area (Å²) in [5.41, 5.74) is 7.81. The summed E-state index contributed by atoms with van der Waals surface area (Å²) in [6.45, 7) is 2.13. The predicted molar refractivity (Wildman–Crippen MR) is 175 cm³/mol. The molecule has 198 valence electrons. The third-order valence-corrected chi connectivity index (χ3v) is 8.47. The third kappa shape index (κ3) is 3.28. The molecule has 0 fully saturated rings. The summed E-state index contributed by atoms with van der Waals surface area (Å²) in [4.78, 5) is 2.32. The molecule has 3 nitrogen and oxygen atoms in total. The van der Waals surface area contributed by atoms with Crippen LogP contribution >= 0.6 is 0 Å². The molecule has 0 aliphatic heterocycles. The van der Waals surface area contributed by atoms with Crippen molar-refractivity contribution < 1.29 is 8.83 Å². The number of aryl methyl sites for hydroxylation is 1. The zero-order valence-electron chi connectivity index (χ0n) is 23.0. The van der Waals surface area contributed by atoms with Crippen LogP contribution in [0.4, 0.5) is 17.1 Å². The molecular weight excluding hydrogens is 514 g/mol. The molecule has 0 saturated carbocycles. The van der Waals surface area contributed by atoms with Gasteiger partial charge in [0.1, 0.15) is 16.7 Å². The Morgan fingerprint density at radius 1 is 0.452 bits per heavy atom. The summed E-state index contributed by atoms with van der Waals surface area (Å²) in [7, 11) is 0. The van der Waals surface area contributed by atoms with Crippen molar-refractivity contribution in [3.8, 4) is 0 Å². The fraction of sp³-hybridized carbons (Fsp3) is 0.0256. The number of anilines is 3. The third-order valence-electron chi connectivity index (χ3n) is 8.47. The van der Waals surface area contributed by atoms with Crippen LogP contribution < -0.4 is 4.90 Å². The van der Waals surface area contributed by atoms with Gasteiger partial charge < -0.3 is 13.7 Å². The normalized spacial score (nSPS) is 11.9. The van der Waals surface area contributed by atoms with Crippen molar-refractivity contribution in [1.82, 2.24) is 0 Å². The van der Waals surface area contributed by atoms with Crippen LogP contribution in [0.25, 0.3) is 65.4 Å². The zero-order valence-corrected chi connectivity index (χ0v) is 23.0. The number of hydrogen-bond acceptors (Lipinski definition) is 3. The molecule has 9 rings (SSSR count). The van der Waals surface area contributed by atoms with Gasteiger partial charge >= 0.3 is 0 Å². The van der Waals surface area contributed by atoms with Gasteiger partial charge in [-0.1, -0.05) is 97.1 Å². The fourth-order valence-electron chi connectivity index (χ4n) is 6.62. The molecule has 0 aliphatic rings. The van der Waals surface area contributed by atoms with Crippen LogP contribution in [-0.4, -0.2) is 0 Å². The molecule has 7 aromatic carbocycles. The van der Waals surface area contributed by atoms with Crippen molar-refractivity contribution in [1.29, 1.82) is 0 Å². The van der Waals surface area contributed by atoms with E-state index in [0.717, 1.165) is 77.1 Å². The Balaban J connectivity index is 1.42. The molecule has 0 bridgehead atoms. The average Bonchev–Trinajstić information content (AvgIpc) is 3.61. The van der Waals surface area contributed by atoms with Crippen molar-refractivity contribution in [3.63, 3.8) is 0 Å². The van der Waals surface area contributed by atoms with Crippen LogP contribution in [0.15, 0.2) is 142 Å². The molecule has 0 amide bonds. The first-order valence-corrected chi connectivity index (χ1v) is 14.3. The number of fused-ring (bicyclic) bond motifs is 10. The molecule has 0 saturated heterocycles. The second-order valence-corrected chi connectivity index (χ2v) is 11.0. The van der Waals surface area contributed by atoms with Gasteiger partial charge in [-0.25, -0.2) is 0 Å². The molecule has 0 unspecified atom stereocenters. The van der Waals surface area contributed by atoms with Crippen molar-refractivity contribution >= 4 is 82.5 Å². The van der Waals surface area contributed by atoms with Gasteiger partial charge in [-0.15, -0.1) is 0 Å². The predicted octanol–water partition coefficient (Wildman–Crippen LogP) is 11.6. The van der Waals surface area contributed by atoms with Crippen molar-refractivity contribution in [2.75, 3.05) is 4.90 Å². The minimum absolute atomic E-state index is 0.861. The lowest BCUT2D eigenvalue weighted by molar-refractivity contribution is 0.668. The molecule has 0 atom stereocenters. The Kier molecular flexibility index (Phi) is 4.82. The second kappa shape index (κ2) is 8.73. The molecule has 0 aliphatic carbocycles. The highest BCUT2D eigenvalue weighted by Gasteiger charge is 2.23. The summed E-state index contributed by atoms with van der Waals surface area (Å²) in [5, 5.41) is 9.09. The van der Waals surface area contributed by atoms with Gasteiger partial charge in [0.15, 0.2) is 5.58 Å². The Hall–Kier alpha value is -5.54. The number of hydrogen-bond donors (Lipinski definition) is 0. The van der Waals surface area contributed by atoms with Crippen LogP contribution in [-0.2, 0) is 0 Å². The standard InChI is InChI=1S/C39H25NO2/c1-24-10-8-12-26(22-24)40(33-18-9-17-31-29-15-6-7-19-35(29)41-39(31)33)34-23-36-37(30-16-5-4-14-28(30)34)32-21-20-25-11-2-3-13-27(25)38(32)42-36/h2-23H,1H3. The number of nitrogens with zero attached hydrogens (tertiary/aromatic N) is 1. The highest BCUT2D eigenvalue weighted by molar-refractivity contribution is 6.26. The quantitative estimate of drug-likeness (QED) is 0.224. The van der Waals surface area contributed by atoms with Crippen LogP contribution in [0.1, 0.15) is 5.56 Å². The Morgan fingerprint density at radius 2 is 1.17 bits per heavy atom. The molecule has 2 heterocycles. The van der Waals surface area contributed by atoms with Gasteiger partial charge in [-0.3, -0.25) is 0 Å². The first-order chi connectivity index (χ1) is 20.7. The van der Waals surface area contributed by atoms with Gasteiger partial charge in [0, 0.05) is 44.1 Å². The van der Waals surface area contributed by atoms with E-state index in [1.165, 1.54) is 10.9 Å². The Morgan fingerprint density at radius 3 is 2.05 bits per heavy atom. The number of para-hydroxylation sites is 2. The van der Waals surface area contributed by atoms with Crippen LogP contribution in [0, 0.1) is 6.92 Å². The van der Waals surface area contributed by atoms with E-state index in [4.69, 9.17) is 8.83 Å². The van der Waals surface area contributed by atoms with Crippen LogP contribution in [0.5, 0.6) is 0 Å². The van der Waals surface area contributed by atoms with E-state index < -0.39 is 0 Å². The largest absolute Gasteiger partial charge is 0.455 e. The fourth-order valence-corrected chi connectivity index (χ4v) is 6.62. The summed E-state index contributed by atoms with van der Waals surface area (Å²) in [6, 6.07) is 47.0. The van der Waals surface area contributed by atoms with Gasteiger partial charge in [0.25, 0.3) is 0 Å². The lowest BCUT2D eigenvalue weighted by atomic mass is 9.99. The average molecular weight is 540 g/mol. The van der Waals surface area contributed by atoms with Gasteiger partial charge in [-0.2, -0.15) is 0 Å². The molecule has 0 N–H and O–H groups in total. The lowest BCUT2D eigenvalue weighted by Crippen LogP contribution is -2.11. The zero-order chi connectivity index (χ0) is 27.8. The smallest absolute Gasteiger partial charge is 0.159 e. The first-order valence-electron chi connectivity index (χ1n) is 14.3. The molecule has 9 aromatic rings. The van der Waals surface area contributed by atoms with Crippen LogP contribution in [0.3, 0.4) is 0 Å². The summed E-state index contributed by atoms with van der Waals surface area (Å²) in [5.74, 6) is 0. The van der Waals surface area contributed by atoms with Gasteiger partial charge in [0.05, 0.1) is 11.4 Å². The van der Waals surface area contributed by atoms with Crippen molar-refractivity contribution in [2.45, 2.75) is 6.92 Å². The second-order valence-electron chi connectivity index (χ2n) is 11.0. The number of furan rings is 2. The van der Waals surface area contributed by atoms with E-state index in [1.54, 1.807) is 0 Å². The molecule has 2 aromatic heterocycles. The molecule has 42 heavy (non-hydrogen) atoms. The summed E-state index contributed by atoms with van der Waals surface area (Å²) in [6.07, 6.45) is 0. The molecular formula is C39H25NO2. The Bertz CT molecular complexity index is 2500. The maximum atomic E-state index is 6.75. The minimum Gasteiger partial charge on any atom is -0.455 e. The van der Waals surface area contributed by atoms with E-state index in [0.29, 0.717) is 0 Å². The van der Waals surface area contributed by atoms with E-state index in [9.17, 15) is 0 Å². The van der Waals surface area contributed by atoms with E-state index >= 15 is 0 Å². The number of rotatable bonds is 3. The van der Waals surface area contributed by atoms with E-state index in [1.807, 2.05) is 12.1 Å². The van der Waals surface area contributed by atoms with Crippen LogP contribution in [0.2, 0.25) is 0 Å². The Labute approximate surface area is 241 Å². The monoisotopic (exact) mass is 539 g/mol. The van der Waals surface area contributed by atoms with E-state index in [-0.39, 0.29) is 0 Å². The number of benzene rings is 7. The highest BCUT2D eigenvalue weighted by Crippen LogP contribution is 2.47. The molecule has 0 radical (unpaired) electrons. The van der Waals surface area contributed by atoms with E-state index in [2.05, 4.69) is 133 Å². The summed E-state index contributed by atoms with van der Waals surface area (Å²) < 4.78 is 13.3. The molecule has 3 heteroatoms. The van der Waals surface area contributed by atoms with Gasteiger partial charge in [0.2, 0.25) is 0 Å². The topological polar surface area (TPSA) is 29.5 Å². The summed E-state index contributed by atoms with van der Waals surface area (Å²) >= 11 is 0. The van der Waals surface area contributed by atoms with Crippen molar-refractivity contribution in [3.05, 3.63) is 139 Å². The van der Waals surface area contributed by atoms with Gasteiger partial charge in [-0.05, 0) is 53.6 Å². The molecule has 0 spiro atoms. The van der Waals surface area contributed by atoms with Crippen molar-refractivity contribution in [2.24, 2.45) is 0 Å². The maximum Gasteiger partial charge on any atom is 0.159 e. The highest BCUT2D eigenvalue weighted by atomic mass is 16.3. The first kappa shape index (κ1) is 23.2.